The molecule has 3 heterocycles. The summed E-state index contributed by atoms with van der Waals surface area (Å²) >= 11 is 0. The predicted octanol–water partition coefficient (Wildman–Crippen LogP) is 11.0. The summed E-state index contributed by atoms with van der Waals surface area (Å²) < 4.78 is 96.9. The maximum atomic E-state index is 8.82. The molecule has 0 fully saturated rings. The van der Waals surface area contributed by atoms with Gasteiger partial charge >= 0.3 is 0 Å². The smallest absolute Gasteiger partial charge is 0.267 e. The Morgan fingerprint density at radius 3 is 2.20 bits per heavy atom. The first kappa shape index (κ1) is 25.1. The normalized spacial score (nSPS) is 13.8. The van der Waals surface area contributed by atoms with E-state index >= 15 is 0 Å². The summed E-state index contributed by atoms with van der Waals surface area (Å²) in [5, 5.41) is 2.05. The molecule has 3 aromatic heterocycles. The fourth-order valence-electron chi connectivity index (χ4n) is 6.66. The van der Waals surface area contributed by atoms with Crippen molar-refractivity contribution in [1.82, 2.24) is 14.1 Å². The number of nitrogens with zero attached hydrogens (tertiary/aromatic N) is 4. The predicted molar refractivity (Wildman–Crippen MR) is 212 cm³/mol. The number of ether oxygens (including phenoxy) is 1. The van der Waals surface area contributed by atoms with Crippen molar-refractivity contribution in [3.8, 4) is 50.9 Å². The van der Waals surface area contributed by atoms with E-state index < -0.39 is 60.4 Å². The van der Waals surface area contributed by atoms with Crippen LogP contribution in [-0.4, -0.2) is 14.1 Å². The van der Waals surface area contributed by atoms with Crippen molar-refractivity contribution in [2.24, 2.45) is 5.92 Å². The molecule has 0 bridgehead atoms. The minimum Gasteiger partial charge on any atom is -0.510 e. The summed E-state index contributed by atoms with van der Waals surface area (Å²) in [6.45, 7) is 4.38. The van der Waals surface area contributed by atoms with Crippen molar-refractivity contribution in [1.29, 1.82) is 0 Å². The third-order valence-electron chi connectivity index (χ3n) is 8.87. The van der Waals surface area contributed by atoms with Gasteiger partial charge in [-0.15, -0.1) is 29.7 Å². The SMILES string of the molecule is [2H]c1c([2H])c([2H])c(-c2cccc(-c3c([2H])c([2H])c([2H])c([2H])c3[2H])c2-[n+]2[c-]n(-c3[c-]c(Oc4[c-]c5c(cc4)c4ccccc4n5-c4cc(CC(C)C)ccn4)ccc3)cc2)c([2H])c1[2H].[Pt]. The van der Waals surface area contributed by atoms with Gasteiger partial charge in [0.15, 0.2) is 0 Å². The van der Waals surface area contributed by atoms with Crippen molar-refractivity contribution in [3.63, 3.8) is 0 Å². The molecule has 0 saturated heterocycles. The molecular weight excluding hydrogens is 844 g/mol. The molecule has 0 N–H and O–H groups in total. The van der Waals surface area contributed by atoms with Gasteiger partial charge in [-0.3, -0.25) is 4.57 Å². The molecule has 6 aromatic carbocycles. The number of para-hydroxylation sites is 2. The quantitative estimate of drug-likeness (QED) is 0.107. The molecular formula is C48H36N4OPt-2. The van der Waals surface area contributed by atoms with E-state index in [1.807, 2.05) is 36.5 Å². The van der Waals surface area contributed by atoms with Crippen molar-refractivity contribution in [3.05, 3.63) is 188 Å². The van der Waals surface area contributed by atoms with Gasteiger partial charge in [0.05, 0.1) is 19.4 Å². The number of hydrogen-bond acceptors (Lipinski definition) is 2. The maximum absolute atomic E-state index is 8.82. The molecule has 54 heavy (non-hydrogen) atoms. The van der Waals surface area contributed by atoms with Crippen LogP contribution in [0.25, 0.3) is 61.3 Å². The molecule has 0 atom stereocenters. The van der Waals surface area contributed by atoms with Gasteiger partial charge in [-0.05, 0) is 69.4 Å². The summed E-state index contributed by atoms with van der Waals surface area (Å²) in [4.78, 5) is 4.76. The van der Waals surface area contributed by atoms with Crippen LogP contribution in [0.2, 0.25) is 0 Å². The zero-order valence-electron chi connectivity index (χ0n) is 39.1. The van der Waals surface area contributed by atoms with Crippen molar-refractivity contribution < 1.29 is 44.1 Å². The molecule has 9 aromatic rings. The Labute approximate surface area is 344 Å². The van der Waals surface area contributed by atoms with Gasteiger partial charge in [0, 0.05) is 56.7 Å². The van der Waals surface area contributed by atoms with Gasteiger partial charge in [0.25, 0.3) is 6.33 Å². The van der Waals surface area contributed by atoms with E-state index in [9.17, 15) is 0 Å². The molecule has 0 saturated carbocycles. The largest absolute Gasteiger partial charge is 0.510 e. The van der Waals surface area contributed by atoms with Gasteiger partial charge in [-0.1, -0.05) is 116 Å². The Morgan fingerprint density at radius 2 is 1.46 bits per heavy atom. The van der Waals surface area contributed by atoms with Crippen molar-refractivity contribution in [2.75, 3.05) is 0 Å². The Balaban J connectivity index is 0.00000560. The minimum absolute atomic E-state index is 0. The molecule has 9 rings (SSSR count). The molecule has 0 amide bonds. The monoisotopic (exact) mass is 889 g/mol. The van der Waals surface area contributed by atoms with Crippen LogP contribution in [0.5, 0.6) is 11.5 Å². The van der Waals surface area contributed by atoms with Crippen molar-refractivity contribution in [2.45, 2.75) is 20.3 Å². The van der Waals surface area contributed by atoms with Crippen LogP contribution in [0.15, 0.2) is 164 Å². The van der Waals surface area contributed by atoms with E-state index in [0.717, 1.165) is 34.0 Å². The number of fused-ring (bicyclic) bond motifs is 3. The number of pyridine rings is 1. The van der Waals surface area contributed by atoms with Crippen LogP contribution in [0.1, 0.15) is 33.1 Å². The number of aromatic nitrogens is 4. The number of imidazole rings is 1. The minimum atomic E-state index is -0.566. The van der Waals surface area contributed by atoms with Crippen LogP contribution in [0.3, 0.4) is 0 Å². The fraction of sp³-hybridized carbons (Fsp3) is 0.0833. The molecule has 0 radical (unpaired) electrons. The van der Waals surface area contributed by atoms with Crippen LogP contribution < -0.4 is 9.30 Å². The average Bonchev–Trinajstić information content (AvgIpc) is 3.90. The average molecular weight is 890 g/mol. The molecule has 0 spiro atoms. The third kappa shape index (κ3) is 6.79. The summed E-state index contributed by atoms with van der Waals surface area (Å²) in [7, 11) is 0. The molecule has 0 aliphatic carbocycles. The van der Waals surface area contributed by atoms with Gasteiger partial charge < -0.3 is 13.9 Å². The van der Waals surface area contributed by atoms with E-state index in [2.05, 4.69) is 55.1 Å². The maximum Gasteiger partial charge on any atom is 0.267 e. The van der Waals surface area contributed by atoms with E-state index in [0.29, 0.717) is 23.1 Å². The van der Waals surface area contributed by atoms with E-state index in [1.54, 1.807) is 53.4 Å². The van der Waals surface area contributed by atoms with E-state index in [-0.39, 0.29) is 49.0 Å². The Morgan fingerprint density at radius 1 is 0.759 bits per heavy atom. The summed E-state index contributed by atoms with van der Waals surface area (Å²) in [5.41, 5.74) is 3.68. The second-order valence-corrected chi connectivity index (χ2v) is 12.9. The Kier molecular flexibility index (Phi) is 7.03. The first-order valence-corrected chi connectivity index (χ1v) is 17.1. The van der Waals surface area contributed by atoms with Crippen LogP contribution in [0.4, 0.5) is 0 Å². The van der Waals surface area contributed by atoms with Crippen LogP contribution >= 0.6 is 0 Å². The zero-order chi connectivity index (χ0) is 44.4. The Hall–Kier alpha value is -6.03. The third-order valence-corrected chi connectivity index (χ3v) is 8.87. The molecule has 5 nitrogen and oxygen atoms in total. The summed E-state index contributed by atoms with van der Waals surface area (Å²) in [6, 6.07) is 27.7. The zero-order valence-corrected chi connectivity index (χ0v) is 31.4. The molecule has 0 aliphatic heterocycles. The Bertz CT molecular complexity index is 3170. The summed E-state index contributed by atoms with van der Waals surface area (Å²) in [5.74, 6) is 2.07. The van der Waals surface area contributed by atoms with Gasteiger partial charge in [0.1, 0.15) is 5.82 Å². The fourth-order valence-corrected chi connectivity index (χ4v) is 6.66. The number of hydrogen-bond donors (Lipinski definition) is 0. The van der Waals surface area contributed by atoms with Crippen LogP contribution in [0, 0.1) is 24.4 Å². The molecule has 266 valence electrons. The second kappa shape index (κ2) is 15.1. The number of rotatable bonds is 9. The molecule has 0 unspecified atom stereocenters. The van der Waals surface area contributed by atoms with Gasteiger partial charge in [0.2, 0.25) is 0 Å². The van der Waals surface area contributed by atoms with E-state index in [1.165, 1.54) is 10.1 Å². The van der Waals surface area contributed by atoms with Gasteiger partial charge in [-0.2, -0.15) is 18.2 Å². The number of benzene rings is 6. The second-order valence-electron chi connectivity index (χ2n) is 12.9. The standard InChI is InChI=1S/C48H36N4O.Pt/c1-34(2)29-35-25-26-49-47(30-35)52-45-22-10-9-19-43(45)44-24-23-40(32-46(44)52)53-39-18-11-17-38(31-39)50-27-28-51(33-50)48-41(36-13-5-3-6-14-36)20-12-21-42(48)37-15-7-4-8-16-37;/h3-28,30,34H,29H2,1-2H3;/q-2;/i3D,4D,5D,6D,7D,8D,13D,14D,15D,16D;. The molecule has 0 aliphatic rings. The molecule has 6 heteroatoms. The summed E-state index contributed by atoms with van der Waals surface area (Å²) in [6.07, 6.45) is 9.24. The first-order chi connectivity index (χ1) is 30.2. The van der Waals surface area contributed by atoms with E-state index in [4.69, 9.17) is 23.4 Å². The topological polar surface area (TPSA) is 35.9 Å². The first-order valence-electron chi connectivity index (χ1n) is 22.1. The van der Waals surface area contributed by atoms with Gasteiger partial charge in [-0.25, -0.2) is 4.98 Å². The van der Waals surface area contributed by atoms with Crippen molar-refractivity contribution >= 4 is 21.8 Å². The van der Waals surface area contributed by atoms with Crippen LogP contribution in [-0.2, 0) is 27.5 Å².